The van der Waals surface area contributed by atoms with Crippen molar-refractivity contribution in [3.63, 3.8) is 0 Å². The maximum atomic E-state index is 12.9. The van der Waals surface area contributed by atoms with E-state index in [0.717, 1.165) is 17.7 Å². The van der Waals surface area contributed by atoms with Gasteiger partial charge in [-0.3, -0.25) is 0 Å². The monoisotopic (exact) mass is 439 g/mol. The summed E-state index contributed by atoms with van der Waals surface area (Å²) in [4.78, 5) is 16.6. The fraction of sp³-hybridized carbons (Fsp3) is 0.207. The molecule has 0 spiro atoms. The number of ether oxygens (including phenoxy) is 1. The lowest BCUT2D eigenvalue weighted by atomic mass is 9.89. The van der Waals surface area contributed by atoms with Crippen LogP contribution in [0.5, 0.6) is 0 Å². The highest BCUT2D eigenvalue weighted by atomic mass is 32.2. The summed E-state index contributed by atoms with van der Waals surface area (Å²) in [6.45, 7) is 3.93. The Morgan fingerprint density at radius 3 is 1.94 bits per heavy atom. The van der Waals surface area contributed by atoms with Crippen LogP contribution in [-0.4, -0.2) is 11.6 Å². The Morgan fingerprint density at radius 1 is 0.938 bits per heavy atom. The van der Waals surface area contributed by atoms with Crippen LogP contribution in [0.2, 0.25) is 0 Å². The van der Waals surface area contributed by atoms with Crippen molar-refractivity contribution in [2.45, 2.75) is 47.0 Å². The Morgan fingerprint density at radius 2 is 1.47 bits per heavy atom. The van der Waals surface area contributed by atoms with Crippen LogP contribution in [0.3, 0.4) is 0 Å². The van der Waals surface area contributed by atoms with Gasteiger partial charge in [0.25, 0.3) is 0 Å². The first kappa shape index (κ1) is 22.0. The summed E-state index contributed by atoms with van der Waals surface area (Å²) < 4.78 is 5.86. The first-order valence-electron chi connectivity index (χ1n) is 10.8. The molecule has 160 valence electrons. The number of benzene rings is 3. The second-order valence-electron chi connectivity index (χ2n) is 8.26. The van der Waals surface area contributed by atoms with E-state index in [9.17, 15) is 4.79 Å². The zero-order valence-electron chi connectivity index (χ0n) is 18.5. The van der Waals surface area contributed by atoms with Crippen molar-refractivity contribution in [3.05, 3.63) is 102 Å². The van der Waals surface area contributed by atoms with Crippen molar-refractivity contribution in [1.29, 1.82) is 0 Å². The molecule has 3 aromatic rings. The van der Waals surface area contributed by atoms with Gasteiger partial charge in [0.05, 0.1) is 16.5 Å². The molecule has 0 aromatic heterocycles. The molecule has 0 heterocycles. The molecule has 1 aliphatic rings. The van der Waals surface area contributed by atoms with Gasteiger partial charge in [-0.05, 0) is 75.2 Å². The molecule has 4 rings (SSSR count). The number of terminal acetylenes is 1. The van der Waals surface area contributed by atoms with E-state index in [4.69, 9.17) is 11.2 Å². The number of hydrogen-bond donors (Lipinski definition) is 0. The molecular weight excluding hydrogens is 412 g/mol. The second-order valence-corrected chi connectivity index (χ2v) is 10.3. The third-order valence-electron chi connectivity index (χ3n) is 5.92. The largest absolute Gasteiger partial charge is 0.442 e. The first-order chi connectivity index (χ1) is 15.5. The van der Waals surface area contributed by atoms with Gasteiger partial charge in [-0.25, -0.2) is 4.79 Å². The Hall–Kier alpha value is -3.22. The lowest BCUT2D eigenvalue weighted by molar-refractivity contribution is -0.000704. The maximum absolute atomic E-state index is 12.9. The number of carbonyl (C=O) groups is 1. The van der Waals surface area contributed by atoms with E-state index in [0.29, 0.717) is 5.56 Å². The molecule has 0 saturated heterocycles. The van der Waals surface area contributed by atoms with Gasteiger partial charge < -0.3 is 4.74 Å². The molecule has 2 unspecified atom stereocenters. The van der Waals surface area contributed by atoms with E-state index < -0.39 is 5.60 Å². The molecular formula is C29H27O2S+. The number of esters is 1. The highest BCUT2D eigenvalue weighted by molar-refractivity contribution is 7.97. The summed E-state index contributed by atoms with van der Waals surface area (Å²) in [5, 5.41) is 0. The standard InChI is InChI=1S/C29H27O2S/c1-4-29(3,24-18-15-22(2)21-24)31-28(30)23-16-19-27(20-17-23)32(25-11-7-5-8-12-25)26-13-9-6-10-14-26/h1,5-14,16-17,19-21,24H,15,18H2,2-3H3/q+1. The van der Waals surface area contributed by atoms with Crippen molar-refractivity contribution in [1.82, 2.24) is 0 Å². The molecule has 2 atom stereocenters. The number of carbonyl (C=O) groups excluding carboxylic acids is 1. The zero-order chi connectivity index (χ0) is 22.6. The topological polar surface area (TPSA) is 26.3 Å². The molecule has 0 fully saturated rings. The van der Waals surface area contributed by atoms with E-state index in [1.54, 1.807) is 0 Å². The fourth-order valence-corrected chi connectivity index (χ4v) is 6.12. The SMILES string of the molecule is C#CC(C)(OC(=O)c1ccc([S+](c2ccccc2)c2ccccc2)cc1)C1C=C(C)CC1. The Labute approximate surface area is 193 Å². The number of rotatable bonds is 6. The molecule has 0 aliphatic heterocycles. The summed E-state index contributed by atoms with van der Waals surface area (Å²) in [6, 6.07) is 28.6. The van der Waals surface area contributed by atoms with Gasteiger partial charge in [0, 0.05) is 5.92 Å². The van der Waals surface area contributed by atoms with E-state index in [-0.39, 0.29) is 22.8 Å². The quantitative estimate of drug-likeness (QED) is 0.185. The molecule has 1 aliphatic carbocycles. The molecule has 0 saturated carbocycles. The zero-order valence-corrected chi connectivity index (χ0v) is 19.3. The molecule has 0 amide bonds. The van der Waals surface area contributed by atoms with E-state index in [1.165, 1.54) is 15.4 Å². The molecule has 0 N–H and O–H groups in total. The van der Waals surface area contributed by atoms with Crippen molar-refractivity contribution in [3.8, 4) is 12.3 Å². The lowest BCUT2D eigenvalue weighted by Gasteiger charge is -2.29. The predicted molar refractivity (Wildman–Crippen MR) is 131 cm³/mol. The minimum atomic E-state index is -0.939. The number of allylic oxidation sites excluding steroid dienone is 1. The van der Waals surface area contributed by atoms with Crippen LogP contribution in [0.15, 0.2) is 111 Å². The third kappa shape index (κ3) is 4.66. The molecule has 0 radical (unpaired) electrons. The molecule has 0 bridgehead atoms. The van der Waals surface area contributed by atoms with Crippen LogP contribution in [0.25, 0.3) is 0 Å². The first-order valence-corrected chi connectivity index (χ1v) is 12.1. The van der Waals surface area contributed by atoms with Gasteiger partial charge in [-0.2, -0.15) is 0 Å². The Balaban J connectivity index is 1.59. The average Bonchev–Trinajstić information content (AvgIpc) is 3.28. The number of hydrogen-bond acceptors (Lipinski definition) is 2. The third-order valence-corrected chi connectivity index (χ3v) is 8.15. The highest BCUT2D eigenvalue weighted by Crippen LogP contribution is 2.35. The van der Waals surface area contributed by atoms with Gasteiger partial charge in [-0.15, -0.1) is 6.42 Å². The molecule has 32 heavy (non-hydrogen) atoms. The minimum absolute atomic E-state index is 0.0535. The van der Waals surface area contributed by atoms with Crippen LogP contribution in [0.4, 0.5) is 0 Å². The average molecular weight is 440 g/mol. The summed E-state index contributed by atoms with van der Waals surface area (Å²) in [6.07, 6.45) is 9.84. The van der Waals surface area contributed by atoms with Crippen LogP contribution < -0.4 is 0 Å². The van der Waals surface area contributed by atoms with E-state index in [1.807, 2.05) is 43.3 Å². The van der Waals surface area contributed by atoms with Gasteiger partial charge >= 0.3 is 5.97 Å². The highest BCUT2D eigenvalue weighted by Gasteiger charge is 2.37. The maximum Gasteiger partial charge on any atom is 0.339 e. The molecule has 3 aromatic carbocycles. The summed E-state index contributed by atoms with van der Waals surface area (Å²) in [5.74, 6) is 2.40. The van der Waals surface area contributed by atoms with Gasteiger partial charge in [0.15, 0.2) is 20.3 Å². The van der Waals surface area contributed by atoms with Gasteiger partial charge in [0.1, 0.15) is 0 Å². The minimum Gasteiger partial charge on any atom is -0.442 e. The normalized spacial score (nSPS) is 17.3. The molecule has 3 heteroatoms. The summed E-state index contributed by atoms with van der Waals surface area (Å²) >= 11 is 0. The fourth-order valence-electron chi connectivity index (χ4n) is 4.04. The Kier molecular flexibility index (Phi) is 6.53. The van der Waals surface area contributed by atoms with Crippen LogP contribution in [0, 0.1) is 18.3 Å². The predicted octanol–water partition coefficient (Wildman–Crippen LogP) is 6.69. The van der Waals surface area contributed by atoms with Crippen LogP contribution >= 0.6 is 0 Å². The van der Waals surface area contributed by atoms with Crippen LogP contribution in [-0.2, 0) is 15.6 Å². The lowest BCUT2D eigenvalue weighted by Crippen LogP contribution is -2.36. The smallest absolute Gasteiger partial charge is 0.339 e. The van der Waals surface area contributed by atoms with Crippen molar-refractivity contribution in [2.24, 2.45) is 5.92 Å². The van der Waals surface area contributed by atoms with Crippen LogP contribution in [0.1, 0.15) is 37.0 Å². The van der Waals surface area contributed by atoms with E-state index >= 15 is 0 Å². The van der Waals surface area contributed by atoms with E-state index in [2.05, 4.69) is 67.5 Å². The van der Waals surface area contributed by atoms with Crippen molar-refractivity contribution in [2.75, 3.05) is 0 Å². The van der Waals surface area contributed by atoms with Crippen molar-refractivity contribution >= 4 is 16.9 Å². The summed E-state index contributed by atoms with van der Waals surface area (Å²) in [7, 11) is -0.255. The second kappa shape index (κ2) is 9.51. The van der Waals surface area contributed by atoms with Gasteiger partial charge in [0.2, 0.25) is 0 Å². The summed E-state index contributed by atoms with van der Waals surface area (Å²) in [5.41, 5.74) is 0.871. The van der Waals surface area contributed by atoms with Gasteiger partial charge in [-0.1, -0.05) is 54.0 Å². The molecule has 2 nitrogen and oxygen atoms in total. The Bertz CT molecular complexity index is 1100. The van der Waals surface area contributed by atoms with Crippen molar-refractivity contribution < 1.29 is 9.53 Å².